The standard InChI is InChI=1S/C18H29ClO11/c1-11(20)27-10-14-16(28-12(2)21)15(23)17(29-13(3)22)18(30-14)26-9-8-25-7-6-24-5-4-19/h14-18,23H,4-10H2,1-3H3/t14-,15+,16+,17-,18+/m1/s1. The number of aliphatic hydroxyl groups excluding tert-OH is 1. The molecule has 0 amide bonds. The van der Waals surface area contributed by atoms with E-state index in [2.05, 4.69) is 0 Å². The van der Waals surface area contributed by atoms with E-state index in [4.69, 9.17) is 44.8 Å². The van der Waals surface area contributed by atoms with Crippen molar-refractivity contribution >= 4 is 29.5 Å². The highest BCUT2D eigenvalue weighted by Crippen LogP contribution is 2.27. The molecular formula is C18H29ClO11. The SMILES string of the molecule is CC(=O)OC[C@H]1O[C@H](OCCOCCOCCCl)[C@H](OC(C)=O)[C@@H](O)[C@H]1OC(C)=O. The number of aliphatic hydroxyl groups is 1. The fraction of sp³-hybridized carbons (Fsp3) is 0.833. The quantitative estimate of drug-likeness (QED) is 0.170. The molecular weight excluding hydrogens is 428 g/mol. The van der Waals surface area contributed by atoms with Crippen molar-refractivity contribution in [2.75, 3.05) is 45.5 Å². The van der Waals surface area contributed by atoms with E-state index in [1.165, 1.54) is 6.92 Å². The van der Waals surface area contributed by atoms with Crippen LogP contribution in [-0.2, 0) is 47.5 Å². The van der Waals surface area contributed by atoms with Gasteiger partial charge < -0.3 is 38.3 Å². The topological polar surface area (TPSA) is 136 Å². The maximum atomic E-state index is 11.5. The zero-order valence-corrected chi connectivity index (χ0v) is 18.0. The molecule has 12 heteroatoms. The lowest BCUT2D eigenvalue weighted by Gasteiger charge is -2.42. The van der Waals surface area contributed by atoms with Gasteiger partial charge in [0.05, 0.1) is 33.0 Å². The van der Waals surface area contributed by atoms with E-state index in [0.717, 1.165) is 13.8 Å². The fourth-order valence-corrected chi connectivity index (χ4v) is 2.73. The largest absolute Gasteiger partial charge is 0.463 e. The minimum Gasteiger partial charge on any atom is -0.463 e. The predicted octanol–water partition coefficient (Wildman–Crippen LogP) is -0.213. The lowest BCUT2D eigenvalue weighted by molar-refractivity contribution is -0.307. The van der Waals surface area contributed by atoms with Gasteiger partial charge in [-0.05, 0) is 0 Å². The number of alkyl halides is 1. The molecule has 174 valence electrons. The smallest absolute Gasteiger partial charge is 0.303 e. The zero-order valence-electron chi connectivity index (χ0n) is 17.2. The molecule has 1 aliphatic rings. The highest BCUT2D eigenvalue weighted by Gasteiger charge is 2.50. The van der Waals surface area contributed by atoms with Crippen molar-refractivity contribution in [1.29, 1.82) is 0 Å². The second kappa shape index (κ2) is 14.5. The molecule has 1 N–H and O–H groups in total. The molecule has 1 fully saturated rings. The summed E-state index contributed by atoms with van der Waals surface area (Å²) in [5.74, 6) is -1.57. The molecule has 1 aliphatic heterocycles. The number of ether oxygens (including phenoxy) is 7. The number of hydrogen-bond donors (Lipinski definition) is 1. The Balaban J connectivity index is 2.71. The Morgan fingerprint density at radius 1 is 0.867 bits per heavy atom. The van der Waals surface area contributed by atoms with Crippen LogP contribution >= 0.6 is 11.6 Å². The number of rotatable bonds is 13. The molecule has 0 radical (unpaired) electrons. The van der Waals surface area contributed by atoms with E-state index >= 15 is 0 Å². The second-order valence-corrected chi connectivity index (χ2v) is 6.65. The molecule has 11 nitrogen and oxygen atoms in total. The van der Waals surface area contributed by atoms with Gasteiger partial charge in [-0.3, -0.25) is 14.4 Å². The van der Waals surface area contributed by atoms with Gasteiger partial charge in [0.15, 0.2) is 18.5 Å². The number of hydrogen-bond acceptors (Lipinski definition) is 11. The summed E-state index contributed by atoms with van der Waals surface area (Å²) in [6.07, 6.45) is -6.21. The van der Waals surface area contributed by atoms with Gasteiger partial charge in [-0.1, -0.05) is 0 Å². The highest BCUT2D eigenvalue weighted by atomic mass is 35.5. The number of carbonyl (C=O) groups is 3. The minimum absolute atomic E-state index is 0.0448. The lowest BCUT2D eigenvalue weighted by atomic mass is 9.98. The molecule has 0 saturated carbocycles. The Hall–Kier alpha value is -1.50. The molecule has 0 aliphatic carbocycles. The van der Waals surface area contributed by atoms with Gasteiger partial charge in [-0.25, -0.2) is 0 Å². The Morgan fingerprint density at radius 3 is 2.00 bits per heavy atom. The Kier molecular flexibility index (Phi) is 12.8. The van der Waals surface area contributed by atoms with Crippen molar-refractivity contribution in [3.63, 3.8) is 0 Å². The molecule has 1 rings (SSSR count). The first kappa shape index (κ1) is 26.5. The molecule has 30 heavy (non-hydrogen) atoms. The summed E-state index contributed by atoms with van der Waals surface area (Å²) in [5.41, 5.74) is 0. The number of halogens is 1. The molecule has 0 aromatic rings. The minimum atomic E-state index is -1.47. The van der Waals surface area contributed by atoms with Gasteiger partial charge in [-0.15, -0.1) is 11.6 Å². The van der Waals surface area contributed by atoms with Gasteiger partial charge >= 0.3 is 17.9 Å². The van der Waals surface area contributed by atoms with Crippen LogP contribution in [0.3, 0.4) is 0 Å². The van der Waals surface area contributed by atoms with Gasteiger partial charge in [0.25, 0.3) is 0 Å². The molecule has 1 saturated heterocycles. The van der Waals surface area contributed by atoms with E-state index in [1.54, 1.807) is 0 Å². The summed E-state index contributed by atoms with van der Waals surface area (Å²) in [7, 11) is 0. The fourth-order valence-electron chi connectivity index (χ4n) is 2.62. The number of esters is 3. The van der Waals surface area contributed by atoms with Crippen molar-refractivity contribution in [1.82, 2.24) is 0 Å². The highest BCUT2D eigenvalue weighted by molar-refractivity contribution is 6.17. The van der Waals surface area contributed by atoms with E-state index in [-0.39, 0.29) is 19.8 Å². The Labute approximate surface area is 179 Å². The summed E-state index contributed by atoms with van der Waals surface area (Å²) in [4.78, 5) is 34.0. The van der Waals surface area contributed by atoms with Crippen LogP contribution in [-0.4, -0.2) is 99.2 Å². The monoisotopic (exact) mass is 456 g/mol. The zero-order chi connectivity index (χ0) is 22.5. The van der Waals surface area contributed by atoms with Crippen LogP contribution in [0, 0.1) is 0 Å². The molecule has 0 spiro atoms. The molecule has 1 heterocycles. The van der Waals surface area contributed by atoms with Crippen LogP contribution in [0.4, 0.5) is 0 Å². The van der Waals surface area contributed by atoms with Crippen molar-refractivity contribution in [2.24, 2.45) is 0 Å². The first-order valence-corrected chi connectivity index (χ1v) is 9.94. The Morgan fingerprint density at radius 2 is 1.43 bits per heavy atom. The maximum Gasteiger partial charge on any atom is 0.303 e. The van der Waals surface area contributed by atoms with Crippen molar-refractivity contribution in [3.05, 3.63) is 0 Å². The first-order chi connectivity index (χ1) is 14.3. The van der Waals surface area contributed by atoms with Crippen LogP contribution in [0.5, 0.6) is 0 Å². The van der Waals surface area contributed by atoms with Crippen LogP contribution in [0.2, 0.25) is 0 Å². The van der Waals surface area contributed by atoms with E-state index < -0.39 is 48.6 Å². The normalized spacial score (nSPS) is 26.1. The summed E-state index contributed by atoms with van der Waals surface area (Å²) < 4.78 is 36.9. The lowest BCUT2D eigenvalue weighted by Crippen LogP contribution is -2.61. The third-order valence-electron chi connectivity index (χ3n) is 3.78. The first-order valence-electron chi connectivity index (χ1n) is 9.40. The predicted molar refractivity (Wildman–Crippen MR) is 101 cm³/mol. The molecule has 0 bridgehead atoms. The summed E-state index contributed by atoms with van der Waals surface area (Å²) in [6.45, 7) is 4.54. The van der Waals surface area contributed by atoms with Gasteiger partial charge in [0.1, 0.15) is 18.8 Å². The van der Waals surface area contributed by atoms with Crippen LogP contribution in [0.15, 0.2) is 0 Å². The van der Waals surface area contributed by atoms with E-state index in [1.807, 2.05) is 0 Å². The molecule has 5 atom stereocenters. The van der Waals surface area contributed by atoms with Crippen molar-refractivity contribution < 1.29 is 52.6 Å². The molecule has 0 aromatic heterocycles. The van der Waals surface area contributed by atoms with E-state index in [9.17, 15) is 19.5 Å². The third kappa shape index (κ3) is 10.0. The van der Waals surface area contributed by atoms with Gasteiger partial charge in [0.2, 0.25) is 0 Å². The van der Waals surface area contributed by atoms with Gasteiger partial charge in [-0.2, -0.15) is 0 Å². The summed E-state index contributed by atoms with van der Waals surface area (Å²) in [6, 6.07) is 0. The van der Waals surface area contributed by atoms with Crippen LogP contribution in [0.25, 0.3) is 0 Å². The van der Waals surface area contributed by atoms with Crippen molar-refractivity contribution in [3.8, 4) is 0 Å². The average molecular weight is 457 g/mol. The van der Waals surface area contributed by atoms with E-state index in [0.29, 0.717) is 25.7 Å². The number of carbonyl (C=O) groups excluding carboxylic acids is 3. The average Bonchev–Trinajstić information content (AvgIpc) is 2.66. The van der Waals surface area contributed by atoms with Crippen LogP contribution in [0.1, 0.15) is 20.8 Å². The van der Waals surface area contributed by atoms with Gasteiger partial charge in [0, 0.05) is 26.7 Å². The Bertz CT molecular complexity index is 542. The third-order valence-corrected chi connectivity index (χ3v) is 3.93. The summed E-state index contributed by atoms with van der Waals surface area (Å²) in [5, 5.41) is 10.6. The second-order valence-electron chi connectivity index (χ2n) is 6.27. The summed E-state index contributed by atoms with van der Waals surface area (Å²) >= 11 is 5.49. The molecule has 0 unspecified atom stereocenters. The van der Waals surface area contributed by atoms with Crippen molar-refractivity contribution in [2.45, 2.75) is 51.5 Å². The van der Waals surface area contributed by atoms with Crippen LogP contribution < -0.4 is 0 Å². The maximum absolute atomic E-state index is 11.5. The molecule has 0 aromatic carbocycles.